The van der Waals surface area contributed by atoms with Gasteiger partial charge in [-0.05, 0) is 24.8 Å². The second-order valence-corrected chi connectivity index (χ2v) is 7.10. The van der Waals surface area contributed by atoms with Crippen molar-refractivity contribution in [1.29, 1.82) is 0 Å². The number of rotatable bonds is 5. The van der Waals surface area contributed by atoms with Crippen molar-refractivity contribution >= 4 is 11.8 Å². The molecule has 1 aromatic carbocycles. The van der Waals surface area contributed by atoms with Gasteiger partial charge in [0.2, 0.25) is 11.8 Å². The third-order valence-corrected chi connectivity index (χ3v) is 5.35. The van der Waals surface area contributed by atoms with Crippen LogP contribution in [0.2, 0.25) is 0 Å². The van der Waals surface area contributed by atoms with Crippen LogP contribution in [0.4, 0.5) is 0 Å². The van der Waals surface area contributed by atoms with Crippen molar-refractivity contribution in [3.8, 4) is 0 Å². The number of hydrogen-bond donors (Lipinski definition) is 1. The molecule has 0 spiro atoms. The second-order valence-electron chi connectivity index (χ2n) is 7.10. The van der Waals surface area contributed by atoms with Gasteiger partial charge in [-0.2, -0.15) is 0 Å². The predicted molar refractivity (Wildman–Crippen MR) is 98.3 cm³/mol. The van der Waals surface area contributed by atoms with Crippen LogP contribution in [-0.2, 0) is 9.59 Å². The van der Waals surface area contributed by atoms with Crippen molar-refractivity contribution in [3.05, 3.63) is 35.9 Å². The summed E-state index contributed by atoms with van der Waals surface area (Å²) in [6, 6.07) is 10.3. The van der Waals surface area contributed by atoms with Crippen LogP contribution in [0, 0.1) is 0 Å². The van der Waals surface area contributed by atoms with Gasteiger partial charge in [-0.1, -0.05) is 43.7 Å². The molecule has 136 valence electrons. The highest BCUT2D eigenvalue weighted by atomic mass is 16.2. The van der Waals surface area contributed by atoms with Crippen LogP contribution >= 0.6 is 0 Å². The van der Waals surface area contributed by atoms with Gasteiger partial charge in [-0.15, -0.1) is 0 Å². The molecule has 5 nitrogen and oxygen atoms in total. The predicted octanol–water partition coefficient (Wildman–Crippen LogP) is 1.99. The molecule has 2 aliphatic rings. The van der Waals surface area contributed by atoms with Gasteiger partial charge in [0, 0.05) is 32.2 Å². The number of carbonyl (C=O) groups excluding carboxylic acids is 2. The highest BCUT2D eigenvalue weighted by Crippen LogP contribution is 2.26. The van der Waals surface area contributed by atoms with Crippen molar-refractivity contribution in [1.82, 2.24) is 15.1 Å². The molecule has 1 aromatic rings. The first kappa shape index (κ1) is 17.9. The lowest BCUT2D eigenvalue weighted by Crippen LogP contribution is -2.57. The van der Waals surface area contributed by atoms with E-state index in [1.165, 1.54) is 0 Å². The summed E-state index contributed by atoms with van der Waals surface area (Å²) in [7, 11) is 0. The van der Waals surface area contributed by atoms with Crippen LogP contribution in [0.15, 0.2) is 30.3 Å². The summed E-state index contributed by atoms with van der Waals surface area (Å²) in [5.74, 6) is 0.322. The minimum absolute atomic E-state index is 0.0660. The maximum atomic E-state index is 13.2. The average molecular weight is 343 g/mol. The smallest absolute Gasteiger partial charge is 0.236 e. The fourth-order valence-electron chi connectivity index (χ4n) is 4.04. The number of amides is 2. The normalized spacial score (nSPS) is 22.8. The summed E-state index contributed by atoms with van der Waals surface area (Å²) >= 11 is 0. The first-order valence-corrected chi connectivity index (χ1v) is 9.54. The molecule has 25 heavy (non-hydrogen) atoms. The van der Waals surface area contributed by atoms with Crippen molar-refractivity contribution in [3.63, 3.8) is 0 Å². The largest absolute Gasteiger partial charge is 0.340 e. The third-order valence-electron chi connectivity index (χ3n) is 5.35. The molecule has 0 saturated carbocycles. The van der Waals surface area contributed by atoms with Crippen molar-refractivity contribution in [2.45, 2.75) is 44.6 Å². The van der Waals surface area contributed by atoms with Gasteiger partial charge in [0.05, 0.1) is 12.5 Å². The van der Waals surface area contributed by atoms with Crippen molar-refractivity contribution in [2.75, 3.05) is 32.7 Å². The summed E-state index contributed by atoms with van der Waals surface area (Å²) in [5.41, 5.74) is 1.11. The zero-order chi connectivity index (χ0) is 17.6. The van der Waals surface area contributed by atoms with Gasteiger partial charge >= 0.3 is 0 Å². The van der Waals surface area contributed by atoms with Gasteiger partial charge < -0.3 is 15.1 Å². The molecule has 2 unspecified atom stereocenters. The third kappa shape index (κ3) is 4.21. The highest BCUT2D eigenvalue weighted by molar-refractivity contribution is 5.84. The highest BCUT2D eigenvalue weighted by Gasteiger charge is 2.34. The number of nitrogens with one attached hydrogen (secondary N) is 1. The quantitative estimate of drug-likeness (QED) is 0.890. The van der Waals surface area contributed by atoms with E-state index < -0.39 is 0 Å². The number of piperazine rings is 1. The number of hydrogen-bond acceptors (Lipinski definition) is 3. The summed E-state index contributed by atoms with van der Waals surface area (Å²) in [4.78, 5) is 29.4. The lowest BCUT2D eigenvalue weighted by molar-refractivity contribution is -0.141. The molecule has 3 rings (SSSR count). The van der Waals surface area contributed by atoms with Gasteiger partial charge in [-0.25, -0.2) is 0 Å². The molecule has 0 aliphatic carbocycles. The summed E-state index contributed by atoms with van der Waals surface area (Å²) in [5, 5.41) is 3.12. The molecule has 2 fully saturated rings. The average Bonchev–Trinajstić information content (AvgIpc) is 2.67. The Labute approximate surface area is 150 Å². The van der Waals surface area contributed by atoms with E-state index in [-0.39, 0.29) is 23.8 Å². The summed E-state index contributed by atoms with van der Waals surface area (Å²) in [6.45, 7) is 5.64. The van der Waals surface area contributed by atoms with Gasteiger partial charge in [-0.3, -0.25) is 9.59 Å². The van der Waals surface area contributed by atoms with Crippen LogP contribution in [0.1, 0.15) is 44.1 Å². The molecule has 0 bridgehead atoms. The van der Waals surface area contributed by atoms with Crippen LogP contribution in [0.3, 0.4) is 0 Å². The van der Waals surface area contributed by atoms with Gasteiger partial charge in [0.1, 0.15) is 0 Å². The number of nitrogens with zero attached hydrogens (tertiary/aromatic N) is 2. The van der Waals surface area contributed by atoms with E-state index in [1.54, 1.807) is 0 Å². The van der Waals surface area contributed by atoms with E-state index in [2.05, 4.69) is 24.4 Å². The lowest BCUT2D eigenvalue weighted by Gasteiger charge is -2.42. The molecule has 0 aromatic heterocycles. The van der Waals surface area contributed by atoms with Crippen LogP contribution in [0.25, 0.3) is 0 Å². The molecule has 0 radical (unpaired) electrons. The first-order chi connectivity index (χ1) is 12.2. The van der Waals surface area contributed by atoms with E-state index >= 15 is 0 Å². The molecule has 2 atom stereocenters. The van der Waals surface area contributed by atoms with E-state index in [0.29, 0.717) is 13.1 Å². The number of likely N-dealkylation sites (tertiary alicyclic amines) is 1. The Bertz CT molecular complexity index is 590. The van der Waals surface area contributed by atoms with E-state index in [4.69, 9.17) is 0 Å². The maximum Gasteiger partial charge on any atom is 0.236 e. The van der Waals surface area contributed by atoms with Crippen LogP contribution in [0.5, 0.6) is 0 Å². The Hall–Kier alpha value is -1.88. The fourth-order valence-corrected chi connectivity index (χ4v) is 4.04. The summed E-state index contributed by atoms with van der Waals surface area (Å²) in [6.07, 6.45) is 3.83. The minimum atomic E-state index is -0.0660. The molecule has 2 saturated heterocycles. The molecule has 1 N–H and O–H groups in total. The maximum absolute atomic E-state index is 13.2. The Balaban J connectivity index is 1.70. The molecule has 5 heteroatoms. The van der Waals surface area contributed by atoms with E-state index in [1.807, 2.05) is 28.0 Å². The van der Waals surface area contributed by atoms with E-state index in [0.717, 1.165) is 50.9 Å². The summed E-state index contributed by atoms with van der Waals surface area (Å²) < 4.78 is 0. The molecule has 2 aliphatic heterocycles. The van der Waals surface area contributed by atoms with E-state index in [9.17, 15) is 9.59 Å². The molecule has 2 amide bonds. The molecule has 2 heterocycles. The SMILES string of the molecule is CCCC(C(=O)N1CCCC(N2CCNCC2=O)C1)c1ccccc1. The number of carbonyl (C=O) groups is 2. The van der Waals surface area contributed by atoms with Crippen LogP contribution in [-0.4, -0.2) is 60.4 Å². The fraction of sp³-hybridized carbons (Fsp3) is 0.600. The van der Waals surface area contributed by atoms with Crippen molar-refractivity contribution in [2.24, 2.45) is 0 Å². The monoisotopic (exact) mass is 343 g/mol. The Morgan fingerprint density at radius 3 is 2.80 bits per heavy atom. The first-order valence-electron chi connectivity index (χ1n) is 9.54. The lowest BCUT2D eigenvalue weighted by atomic mass is 9.91. The van der Waals surface area contributed by atoms with Crippen molar-refractivity contribution < 1.29 is 9.59 Å². The molecular weight excluding hydrogens is 314 g/mol. The topological polar surface area (TPSA) is 52.7 Å². The Kier molecular flexibility index (Phi) is 6.08. The van der Waals surface area contributed by atoms with Gasteiger partial charge in [0.15, 0.2) is 0 Å². The zero-order valence-electron chi connectivity index (χ0n) is 15.1. The van der Waals surface area contributed by atoms with Gasteiger partial charge in [0.25, 0.3) is 0 Å². The Morgan fingerprint density at radius 2 is 2.08 bits per heavy atom. The number of piperidine rings is 1. The standard InChI is InChI=1S/C20H29N3O2/c1-2-7-18(16-8-4-3-5-9-16)20(25)22-12-6-10-17(15-22)23-13-11-21-14-19(23)24/h3-5,8-9,17-18,21H,2,6-7,10-15H2,1H3. The number of benzene rings is 1. The van der Waals surface area contributed by atoms with Crippen LogP contribution < -0.4 is 5.32 Å². The molecular formula is C20H29N3O2. The zero-order valence-corrected chi connectivity index (χ0v) is 15.1. The Morgan fingerprint density at radius 1 is 1.28 bits per heavy atom. The minimum Gasteiger partial charge on any atom is -0.340 e. The second kappa shape index (κ2) is 8.48.